The number of nitrogens with one attached hydrogen (secondary N) is 1. The predicted molar refractivity (Wildman–Crippen MR) is 111 cm³/mol. The summed E-state index contributed by atoms with van der Waals surface area (Å²) < 4.78 is 7.20. The van der Waals surface area contributed by atoms with Gasteiger partial charge in [0.1, 0.15) is 0 Å². The molecule has 0 radical (unpaired) electrons. The maximum atomic E-state index is 5.30. The molecular weight excluding hydrogens is 429 g/mol. The fraction of sp³-hybridized carbons (Fsp3) is 0.444. The third-order valence-corrected chi connectivity index (χ3v) is 4.22. The molecular formula is C18H26IN5O. The Balaban J connectivity index is 0.00000225. The van der Waals surface area contributed by atoms with Gasteiger partial charge in [0.15, 0.2) is 5.96 Å². The van der Waals surface area contributed by atoms with E-state index in [1.54, 1.807) is 0 Å². The first-order valence-electron chi connectivity index (χ1n) is 8.18. The lowest BCUT2D eigenvalue weighted by molar-refractivity contribution is -0.0972. The van der Waals surface area contributed by atoms with E-state index in [2.05, 4.69) is 33.4 Å². The van der Waals surface area contributed by atoms with Crippen LogP contribution in [0.25, 0.3) is 5.69 Å². The minimum atomic E-state index is 0. The molecule has 6 nitrogen and oxygen atoms in total. The summed E-state index contributed by atoms with van der Waals surface area (Å²) in [5.74, 6) is 0.885. The second kappa shape index (κ2) is 8.66. The monoisotopic (exact) mass is 455 g/mol. The van der Waals surface area contributed by atoms with Crippen LogP contribution in [0.5, 0.6) is 0 Å². The Kier molecular flexibility index (Phi) is 6.83. The van der Waals surface area contributed by atoms with E-state index in [-0.39, 0.29) is 29.4 Å². The molecule has 1 fully saturated rings. The summed E-state index contributed by atoms with van der Waals surface area (Å²) in [4.78, 5) is 6.48. The number of ether oxygens (including phenoxy) is 1. The maximum absolute atomic E-state index is 5.30. The van der Waals surface area contributed by atoms with Crippen LogP contribution in [-0.2, 0) is 11.3 Å². The second-order valence-electron chi connectivity index (χ2n) is 6.69. The van der Waals surface area contributed by atoms with Gasteiger partial charge in [-0.3, -0.25) is 4.99 Å². The van der Waals surface area contributed by atoms with Crippen molar-refractivity contribution >= 4 is 29.9 Å². The van der Waals surface area contributed by atoms with Crippen LogP contribution in [-0.4, -0.2) is 54.5 Å². The normalized spacial score (nSPS) is 15.9. The van der Waals surface area contributed by atoms with Gasteiger partial charge in [-0.05, 0) is 12.1 Å². The molecule has 1 aromatic carbocycles. The van der Waals surface area contributed by atoms with Gasteiger partial charge in [-0.1, -0.05) is 25.1 Å². The van der Waals surface area contributed by atoms with Crippen molar-refractivity contribution in [2.75, 3.05) is 33.9 Å². The number of aromatic nitrogens is 2. The first-order chi connectivity index (χ1) is 11.6. The summed E-state index contributed by atoms with van der Waals surface area (Å²) in [5.41, 5.74) is 2.42. The van der Waals surface area contributed by atoms with Gasteiger partial charge < -0.3 is 15.0 Å². The molecule has 3 rings (SSSR count). The predicted octanol–water partition coefficient (Wildman–Crippen LogP) is 2.53. The summed E-state index contributed by atoms with van der Waals surface area (Å²) >= 11 is 0. The maximum Gasteiger partial charge on any atom is 0.193 e. The number of guanidine groups is 1. The number of benzene rings is 1. The lowest BCUT2D eigenvalue weighted by Crippen LogP contribution is -2.51. The summed E-state index contributed by atoms with van der Waals surface area (Å²) in [6.45, 7) is 5.46. The van der Waals surface area contributed by atoms with Crippen LogP contribution in [0.3, 0.4) is 0 Å². The quantitative estimate of drug-likeness (QED) is 0.428. The number of para-hydroxylation sites is 1. The minimum absolute atomic E-state index is 0. The molecule has 0 atom stereocenters. The molecule has 0 aliphatic carbocycles. The molecule has 7 heteroatoms. The zero-order chi connectivity index (χ0) is 17.0. The zero-order valence-electron chi connectivity index (χ0n) is 15.0. The largest absolute Gasteiger partial charge is 0.380 e. The highest BCUT2D eigenvalue weighted by molar-refractivity contribution is 14.0. The molecule has 0 bridgehead atoms. The van der Waals surface area contributed by atoms with Crippen LogP contribution in [0, 0.1) is 5.41 Å². The molecule has 0 spiro atoms. The Hall–Kier alpha value is -1.61. The Morgan fingerprint density at radius 1 is 1.36 bits per heavy atom. The highest BCUT2D eigenvalue weighted by Gasteiger charge is 2.33. The van der Waals surface area contributed by atoms with Crippen molar-refractivity contribution in [3.05, 3.63) is 48.3 Å². The first-order valence-corrected chi connectivity index (χ1v) is 8.18. The average Bonchev–Trinajstić information content (AvgIpc) is 3.03. The van der Waals surface area contributed by atoms with Crippen LogP contribution in [0.4, 0.5) is 0 Å². The number of nitrogens with zero attached hydrogens (tertiary/aromatic N) is 4. The second-order valence-corrected chi connectivity index (χ2v) is 6.69. The molecule has 2 aromatic rings. The molecule has 2 heterocycles. The summed E-state index contributed by atoms with van der Waals surface area (Å²) in [7, 11) is 3.85. The van der Waals surface area contributed by atoms with Crippen molar-refractivity contribution in [1.82, 2.24) is 20.0 Å². The van der Waals surface area contributed by atoms with Crippen LogP contribution in [0.15, 0.2) is 47.7 Å². The lowest BCUT2D eigenvalue weighted by Gasteiger charge is -2.39. The van der Waals surface area contributed by atoms with Gasteiger partial charge in [0.05, 0.1) is 25.1 Å². The van der Waals surface area contributed by atoms with E-state index in [1.807, 2.05) is 55.3 Å². The Labute approximate surface area is 166 Å². The molecule has 1 aliphatic rings. The highest BCUT2D eigenvalue weighted by Crippen LogP contribution is 2.25. The Morgan fingerprint density at radius 2 is 2.08 bits per heavy atom. The van der Waals surface area contributed by atoms with Crippen molar-refractivity contribution < 1.29 is 4.74 Å². The summed E-state index contributed by atoms with van der Waals surface area (Å²) in [6, 6.07) is 10.1. The molecule has 0 saturated carbocycles. The van der Waals surface area contributed by atoms with Gasteiger partial charge in [-0.25, -0.2) is 4.68 Å². The molecule has 0 unspecified atom stereocenters. The van der Waals surface area contributed by atoms with E-state index >= 15 is 0 Å². The van der Waals surface area contributed by atoms with Crippen molar-refractivity contribution in [1.29, 1.82) is 0 Å². The van der Waals surface area contributed by atoms with Gasteiger partial charge in [0.25, 0.3) is 0 Å². The number of rotatable bonds is 5. The topological polar surface area (TPSA) is 54.7 Å². The van der Waals surface area contributed by atoms with Gasteiger partial charge >= 0.3 is 0 Å². The third kappa shape index (κ3) is 4.94. The van der Waals surface area contributed by atoms with E-state index in [0.717, 1.165) is 43.5 Å². The Bertz CT molecular complexity index is 697. The summed E-state index contributed by atoms with van der Waals surface area (Å²) in [5, 5.41) is 7.88. The standard InChI is InChI=1S/C18H25N5O.HI/c1-18(13-24-14-18)12-20-17(19-2)22(3)10-15-9-21-23(11-15)16-7-5-4-6-8-16;/h4-9,11H,10,12-14H2,1-3H3,(H,19,20);1H. The van der Waals surface area contributed by atoms with Gasteiger partial charge in [-0.2, -0.15) is 5.10 Å². The molecule has 25 heavy (non-hydrogen) atoms. The fourth-order valence-electron chi connectivity index (χ4n) is 2.74. The van der Waals surface area contributed by atoms with Crippen LogP contribution < -0.4 is 5.32 Å². The highest BCUT2D eigenvalue weighted by atomic mass is 127. The first kappa shape index (κ1) is 19.7. The zero-order valence-corrected chi connectivity index (χ0v) is 17.3. The third-order valence-electron chi connectivity index (χ3n) is 4.22. The van der Waals surface area contributed by atoms with Gasteiger partial charge in [-0.15, -0.1) is 24.0 Å². The summed E-state index contributed by atoms with van der Waals surface area (Å²) in [6.07, 6.45) is 3.96. The van der Waals surface area contributed by atoms with Crippen molar-refractivity contribution in [2.24, 2.45) is 10.4 Å². The van der Waals surface area contributed by atoms with E-state index in [0.29, 0.717) is 0 Å². The lowest BCUT2D eigenvalue weighted by atomic mass is 9.89. The van der Waals surface area contributed by atoms with Crippen molar-refractivity contribution in [2.45, 2.75) is 13.5 Å². The van der Waals surface area contributed by atoms with Crippen molar-refractivity contribution in [3.8, 4) is 5.69 Å². The Morgan fingerprint density at radius 3 is 2.68 bits per heavy atom. The molecule has 1 N–H and O–H groups in total. The van der Waals surface area contributed by atoms with E-state index in [4.69, 9.17) is 4.74 Å². The van der Waals surface area contributed by atoms with Gasteiger partial charge in [0.2, 0.25) is 0 Å². The van der Waals surface area contributed by atoms with E-state index in [1.165, 1.54) is 0 Å². The molecule has 136 valence electrons. The average molecular weight is 455 g/mol. The smallest absolute Gasteiger partial charge is 0.193 e. The van der Waals surface area contributed by atoms with E-state index in [9.17, 15) is 0 Å². The van der Waals surface area contributed by atoms with Gasteiger partial charge in [0, 0.05) is 44.4 Å². The van der Waals surface area contributed by atoms with Crippen LogP contribution in [0.1, 0.15) is 12.5 Å². The van der Waals surface area contributed by atoms with Crippen LogP contribution >= 0.6 is 24.0 Å². The minimum Gasteiger partial charge on any atom is -0.380 e. The number of aliphatic imine (C=N–C) groups is 1. The number of hydrogen-bond acceptors (Lipinski definition) is 3. The molecule has 1 aliphatic heterocycles. The number of halogens is 1. The van der Waals surface area contributed by atoms with E-state index < -0.39 is 0 Å². The van der Waals surface area contributed by atoms with Crippen LogP contribution in [0.2, 0.25) is 0 Å². The number of hydrogen-bond donors (Lipinski definition) is 1. The molecule has 1 aromatic heterocycles. The molecule has 0 amide bonds. The SMILES string of the molecule is CN=C(NCC1(C)COC1)N(C)Cc1cnn(-c2ccccc2)c1.I. The fourth-order valence-corrected chi connectivity index (χ4v) is 2.74. The van der Waals surface area contributed by atoms with Crippen molar-refractivity contribution in [3.63, 3.8) is 0 Å². The molecule has 1 saturated heterocycles.